The minimum Gasteiger partial charge on any atom is -0.344 e. The van der Waals surface area contributed by atoms with Crippen LogP contribution in [0.2, 0.25) is 0 Å². The minimum absolute atomic E-state index is 0.00736. The summed E-state index contributed by atoms with van der Waals surface area (Å²) in [7, 11) is 0. The fourth-order valence-corrected chi connectivity index (χ4v) is 7.11. The quantitative estimate of drug-likeness (QED) is 0.199. The number of ketones is 3. The van der Waals surface area contributed by atoms with Crippen LogP contribution in [0.4, 0.5) is 11.6 Å². The number of amides is 2. The standard InChI is InChI=1S/C16H19N3O2.C15H18N4O2.C12H13BrN2O/c1-16(2,3)15(21)10-6-7-11-14(10)18-12(9-17-11)19-8-4-5-13(19)20;1-15(2,3)13(21)9-7-16-14-12(9)18-10(8-17-14)19-6-4-5-11(19)20;1-12(2,3)11(16)7-4-5-8-10(7)15-9(13)6-14-8/h6,9H,4-5,7-8H2,1-3H3;7-8H,4-6H2,1-3H3,(H,16,17);4,6H,5H2,1-3H3. The molecule has 15 heteroatoms. The van der Waals surface area contributed by atoms with Gasteiger partial charge >= 0.3 is 0 Å². The van der Waals surface area contributed by atoms with E-state index in [1.54, 1.807) is 34.6 Å². The number of hydrogen-bond acceptors (Lipinski definition) is 11. The highest BCUT2D eigenvalue weighted by Gasteiger charge is 2.34. The highest BCUT2D eigenvalue weighted by atomic mass is 79.9. The number of Topliss-reactive ketones (excluding diaryl/α,β-unsaturated/α-hetero) is 3. The van der Waals surface area contributed by atoms with Crippen LogP contribution in [0.1, 0.15) is 121 Å². The summed E-state index contributed by atoms with van der Waals surface area (Å²) in [6.45, 7) is 18.4. The molecule has 2 fully saturated rings. The van der Waals surface area contributed by atoms with E-state index in [1.165, 1.54) is 0 Å². The van der Waals surface area contributed by atoms with Crippen LogP contribution in [0.25, 0.3) is 22.3 Å². The molecule has 2 aliphatic heterocycles. The summed E-state index contributed by atoms with van der Waals surface area (Å²) >= 11 is 3.28. The van der Waals surface area contributed by atoms with Gasteiger partial charge in [0, 0.05) is 72.4 Å². The van der Waals surface area contributed by atoms with Gasteiger partial charge in [0.1, 0.15) is 10.1 Å². The van der Waals surface area contributed by atoms with Crippen LogP contribution in [0.3, 0.4) is 0 Å². The normalized spacial score (nSPS) is 16.3. The van der Waals surface area contributed by atoms with E-state index >= 15 is 0 Å². The summed E-state index contributed by atoms with van der Waals surface area (Å²) in [5.74, 6) is 1.42. The number of nitrogens with zero attached hydrogens (tertiary/aromatic N) is 8. The molecule has 2 amide bonds. The topological polar surface area (TPSA) is 185 Å². The van der Waals surface area contributed by atoms with Gasteiger partial charge in [0.05, 0.1) is 46.9 Å². The molecule has 0 radical (unpaired) electrons. The maximum atomic E-state index is 12.5. The molecule has 2 aliphatic carbocycles. The highest BCUT2D eigenvalue weighted by Crippen LogP contribution is 2.34. The molecule has 4 aromatic rings. The average Bonchev–Trinajstić information content (AvgIpc) is 4.00. The van der Waals surface area contributed by atoms with Gasteiger partial charge < -0.3 is 4.98 Å². The zero-order valence-electron chi connectivity index (χ0n) is 34.6. The molecule has 0 bridgehead atoms. The maximum Gasteiger partial charge on any atom is 0.228 e. The molecule has 0 atom stereocenters. The Morgan fingerprint density at radius 3 is 1.59 bits per heavy atom. The lowest BCUT2D eigenvalue weighted by molar-refractivity contribution is -0.121. The first-order chi connectivity index (χ1) is 27.1. The lowest BCUT2D eigenvalue weighted by Crippen LogP contribution is -2.26. The SMILES string of the molecule is CC(C)(C)C(=O)C1=CCc2ncc(Br)nc21.CC(C)(C)C(=O)C1=CCc2ncc(N3CCCC3=O)nc21.CC(C)(C)C(=O)c1c[nH]c2ncc(N3CCCC3=O)nc12. The molecule has 0 aromatic carbocycles. The summed E-state index contributed by atoms with van der Waals surface area (Å²) in [6.07, 6.45) is 14.5. The molecular weight excluding hydrogens is 802 g/mol. The van der Waals surface area contributed by atoms with Gasteiger partial charge in [0.15, 0.2) is 34.6 Å². The summed E-state index contributed by atoms with van der Waals surface area (Å²) in [4.78, 5) is 93.4. The zero-order chi connectivity index (χ0) is 42.3. The Morgan fingerprint density at radius 2 is 1.10 bits per heavy atom. The highest BCUT2D eigenvalue weighted by molar-refractivity contribution is 9.10. The number of halogens is 1. The lowest BCUT2D eigenvalue weighted by atomic mass is 9.86. The summed E-state index contributed by atoms with van der Waals surface area (Å²) in [5, 5.41) is 0. The Labute approximate surface area is 346 Å². The summed E-state index contributed by atoms with van der Waals surface area (Å²) in [6, 6.07) is 0. The second-order valence-corrected chi connectivity index (χ2v) is 18.6. The lowest BCUT2D eigenvalue weighted by Gasteiger charge is -2.19. The van der Waals surface area contributed by atoms with Gasteiger partial charge in [-0.25, -0.2) is 19.9 Å². The molecule has 304 valence electrons. The number of allylic oxidation sites excluding steroid dienone is 4. The van der Waals surface area contributed by atoms with E-state index < -0.39 is 10.8 Å². The van der Waals surface area contributed by atoms with Crippen LogP contribution in [0.5, 0.6) is 0 Å². The van der Waals surface area contributed by atoms with Crippen molar-refractivity contribution in [3.8, 4) is 0 Å². The third-order valence-electron chi connectivity index (χ3n) is 10.0. The fraction of sp³-hybridized carbons (Fsp3) is 0.465. The first-order valence-electron chi connectivity index (χ1n) is 19.5. The molecule has 4 aromatic heterocycles. The maximum absolute atomic E-state index is 12.5. The molecular formula is C43H50BrN9O5. The molecule has 8 rings (SSSR count). The number of anilines is 2. The number of nitrogens with one attached hydrogen (secondary N) is 1. The van der Waals surface area contributed by atoms with Gasteiger partial charge in [-0.2, -0.15) is 0 Å². The second-order valence-electron chi connectivity index (χ2n) is 17.8. The Morgan fingerprint density at radius 1 is 0.638 bits per heavy atom. The van der Waals surface area contributed by atoms with Crippen LogP contribution in [0, 0.1) is 16.2 Å². The number of aromatic nitrogens is 7. The number of carbonyl (C=O) groups is 5. The van der Waals surface area contributed by atoms with Crippen molar-refractivity contribution in [3.63, 3.8) is 0 Å². The number of aromatic amines is 1. The smallest absolute Gasteiger partial charge is 0.228 e. The number of hydrogen-bond donors (Lipinski definition) is 1. The van der Waals surface area contributed by atoms with Gasteiger partial charge in [-0.05, 0) is 28.8 Å². The first-order valence-corrected chi connectivity index (χ1v) is 20.3. The number of rotatable bonds is 5. The van der Waals surface area contributed by atoms with Crippen LogP contribution in [-0.2, 0) is 32.0 Å². The van der Waals surface area contributed by atoms with E-state index in [0.717, 1.165) is 29.9 Å². The Balaban J connectivity index is 0.000000148. The number of H-pyrrole nitrogens is 1. The van der Waals surface area contributed by atoms with Crippen LogP contribution >= 0.6 is 15.9 Å². The molecule has 14 nitrogen and oxygen atoms in total. The van der Waals surface area contributed by atoms with Crippen molar-refractivity contribution in [3.05, 3.63) is 69.9 Å². The summed E-state index contributed by atoms with van der Waals surface area (Å²) < 4.78 is 0.667. The largest absolute Gasteiger partial charge is 0.344 e. The molecule has 0 unspecified atom stereocenters. The Bertz CT molecular complexity index is 2390. The molecule has 0 saturated carbocycles. The van der Waals surface area contributed by atoms with Crippen LogP contribution in [0.15, 0.2) is 41.5 Å². The van der Waals surface area contributed by atoms with Gasteiger partial charge in [-0.15, -0.1) is 0 Å². The molecule has 2 saturated heterocycles. The third kappa shape index (κ3) is 8.88. The van der Waals surface area contributed by atoms with Gasteiger partial charge in [-0.3, -0.25) is 43.7 Å². The summed E-state index contributed by atoms with van der Waals surface area (Å²) in [5.41, 5.74) is 4.73. The van der Waals surface area contributed by atoms with E-state index in [4.69, 9.17) is 0 Å². The molecule has 0 spiro atoms. The van der Waals surface area contributed by atoms with Crippen LogP contribution in [-0.4, -0.2) is 77.1 Å². The van der Waals surface area contributed by atoms with Crippen molar-refractivity contribution in [1.82, 2.24) is 34.9 Å². The van der Waals surface area contributed by atoms with E-state index in [2.05, 4.69) is 50.8 Å². The van der Waals surface area contributed by atoms with E-state index in [-0.39, 0.29) is 34.6 Å². The number of carbonyl (C=O) groups excluding carboxylic acids is 5. The second kappa shape index (κ2) is 16.1. The third-order valence-corrected chi connectivity index (χ3v) is 10.4. The zero-order valence-corrected chi connectivity index (χ0v) is 36.2. The molecule has 1 N–H and O–H groups in total. The van der Waals surface area contributed by atoms with E-state index in [0.29, 0.717) is 88.6 Å². The van der Waals surface area contributed by atoms with E-state index in [9.17, 15) is 24.0 Å². The number of fused-ring (bicyclic) bond motifs is 3. The van der Waals surface area contributed by atoms with Crippen molar-refractivity contribution < 1.29 is 24.0 Å². The predicted molar refractivity (Wildman–Crippen MR) is 225 cm³/mol. The Hall–Kier alpha value is -5.31. The van der Waals surface area contributed by atoms with Crippen molar-refractivity contribution in [1.29, 1.82) is 0 Å². The monoisotopic (exact) mass is 851 g/mol. The van der Waals surface area contributed by atoms with Crippen molar-refractivity contribution in [2.45, 2.75) is 101 Å². The average molecular weight is 853 g/mol. The predicted octanol–water partition coefficient (Wildman–Crippen LogP) is 7.27. The van der Waals surface area contributed by atoms with Gasteiger partial charge in [0.2, 0.25) is 11.8 Å². The minimum atomic E-state index is -0.490. The molecule has 58 heavy (non-hydrogen) atoms. The van der Waals surface area contributed by atoms with Gasteiger partial charge in [-0.1, -0.05) is 74.5 Å². The fourth-order valence-electron chi connectivity index (χ4n) is 6.83. The van der Waals surface area contributed by atoms with Crippen molar-refractivity contribution in [2.75, 3.05) is 22.9 Å². The van der Waals surface area contributed by atoms with Crippen molar-refractivity contribution in [2.24, 2.45) is 16.2 Å². The van der Waals surface area contributed by atoms with Crippen LogP contribution < -0.4 is 9.80 Å². The van der Waals surface area contributed by atoms with E-state index in [1.807, 2.05) is 74.5 Å². The molecule has 4 aliphatic rings. The Kier molecular flexibility index (Phi) is 11.8. The van der Waals surface area contributed by atoms with Crippen molar-refractivity contribution >= 4 is 79.0 Å². The van der Waals surface area contributed by atoms with Gasteiger partial charge in [0.25, 0.3) is 0 Å². The molecule has 6 heterocycles. The first kappa shape index (κ1) is 42.3.